The molecule has 0 bridgehead atoms. The van der Waals surface area contributed by atoms with Gasteiger partial charge in [-0.05, 0) is 35.1 Å². The third kappa shape index (κ3) is 6.06. The van der Waals surface area contributed by atoms with Crippen molar-refractivity contribution in [3.8, 4) is 11.1 Å². The number of carbonyl (C=O) groups excluding carboxylic acids is 2. The molecule has 0 saturated carbocycles. The molecular weight excluding hydrogens is 450 g/mol. The molecule has 3 aromatic rings. The number of hydrogen-bond acceptors (Lipinski definition) is 6. The Hall–Kier alpha value is -4.14. The predicted octanol–water partition coefficient (Wildman–Crippen LogP) is 4.80. The number of carbonyl (C=O) groups is 3. The molecule has 1 aromatic heterocycles. The van der Waals surface area contributed by atoms with E-state index in [1.54, 1.807) is 0 Å². The fourth-order valence-electron chi connectivity index (χ4n) is 4.22. The Kier molecular flexibility index (Phi) is 7.77. The standard InChI is InChI=1S/C26H27N3O6/c30-24(31)13-3-1-2-8-14-27-25(32)22-15-23(35-29-22)28-26(33)34-16-21-19-11-6-4-9-17(19)18-10-5-7-12-20(18)21/h4-7,9-12,15,21H,1-3,8,13-14,16H2,(H,27,32)(H,28,33)(H,30,31). The van der Waals surface area contributed by atoms with Crippen molar-refractivity contribution in [2.75, 3.05) is 18.5 Å². The van der Waals surface area contributed by atoms with E-state index in [2.05, 4.69) is 27.9 Å². The Morgan fingerprint density at radius 2 is 1.60 bits per heavy atom. The molecule has 9 heteroatoms. The number of benzene rings is 2. The van der Waals surface area contributed by atoms with Gasteiger partial charge in [0, 0.05) is 24.9 Å². The van der Waals surface area contributed by atoms with Crippen LogP contribution in [-0.2, 0) is 9.53 Å². The number of fused-ring (bicyclic) bond motifs is 3. The number of nitrogens with one attached hydrogen (secondary N) is 2. The fourth-order valence-corrected chi connectivity index (χ4v) is 4.22. The first-order valence-corrected chi connectivity index (χ1v) is 11.6. The first-order valence-electron chi connectivity index (χ1n) is 11.6. The molecule has 0 aliphatic heterocycles. The van der Waals surface area contributed by atoms with Gasteiger partial charge in [-0.15, -0.1) is 0 Å². The van der Waals surface area contributed by atoms with E-state index >= 15 is 0 Å². The molecule has 0 atom stereocenters. The molecule has 0 spiro atoms. The highest BCUT2D eigenvalue weighted by Gasteiger charge is 2.29. The normalized spacial score (nSPS) is 12.0. The Labute approximate surface area is 202 Å². The topological polar surface area (TPSA) is 131 Å². The van der Waals surface area contributed by atoms with Gasteiger partial charge in [0.1, 0.15) is 6.61 Å². The van der Waals surface area contributed by atoms with Gasteiger partial charge in [0.2, 0.25) is 5.88 Å². The summed E-state index contributed by atoms with van der Waals surface area (Å²) >= 11 is 0. The minimum atomic E-state index is -0.799. The van der Waals surface area contributed by atoms with Gasteiger partial charge in [0.05, 0.1) is 0 Å². The van der Waals surface area contributed by atoms with E-state index < -0.39 is 18.0 Å². The molecule has 3 N–H and O–H groups in total. The number of anilines is 1. The number of carboxylic acids is 1. The Morgan fingerprint density at radius 3 is 2.29 bits per heavy atom. The van der Waals surface area contributed by atoms with Crippen molar-refractivity contribution in [3.05, 3.63) is 71.4 Å². The van der Waals surface area contributed by atoms with E-state index in [1.807, 2.05) is 36.4 Å². The second-order valence-corrected chi connectivity index (χ2v) is 8.34. The highest BCUT2D eigenvalue weighted by molar-refractivity contribution is 5.93. The first kappa shape index (κ1) is 24.0. The Balaban J connectivity index is 1.23. The summed E-state index contributed by atoms with van der Waals surface area (Å²) in [5.74, 6) is -1.26. The smallest absolute Gasteiger partial charge is 0.414 e. The molecule has 0 unspecified atom stereocenters. The lowest BCUT2D eigenvalue weighted by molar-refractivity contribution is -0.137. The lowest BCUT2D eigenvalue weighted by Gasteiger charge is -2.13. The SMILES string of the molecule is O=C(O)CCCCCCNC(=O)c1cc(NC(=O)OCC2c3ccccc3-c3ccccc32)on1. The van der Waals surface area contributed by atoms with Gasteiger partial charge in [0.15, 0.2) is 5.69 Å². The summed E-state index contributed by atoms with van der Waals surface area (Å²) < 4.78 is 10.5. The predicted molar refractivity (Wildman–Crippen MR) is 128 cm³/mol. The van der Waals surface area contributed by atoms with Crippen molar-refractivity contribution < 1.29 is 28.8 Å². The lowest BCUT2D eigenvalue weighted by atomic mass is 9.98. The monoisotopic (exact) mass is 477 g/mol. The zero-order chi connectivity index (χ0) is 24.6. The molecule has 9 nitrogen and oxygen atoms in total. The number of rotatable bonds is 11. The largest absolute Gasteiger partial charge is 0.481 e. The highest BCUT2D eigenvalue weighted by atomic mass is 16.6. The maximum absolute atomic E-state index is 12.4. The van der Waals surface area contributed by atoms with Crippen molar-refractivity contribution in [1.29, 1.82) is 0 Å². The van der Waals surface area contributed by atoms with Crippen LogP contribution >= 0.6 is 0 Å². The average molecular weight is 478 g/mol. The van der Waals surface area contributed by atoms with Crippen LogP contribution in [0.15, 0.2) is 59.1 Å². The van der Waals surface area contributed by atoms with Crippen LogP contribution in [0.2, 0.25) is 0 Å². The molecule has 0 radical (unpaired) electrons. The van der Waals surface area contributed by atoms with Crippen molar-refractivity contribution >= 4 is 23.9 Å². The number of amides is 2. The van der Waals surface area contributed by atoms with Gasteiger partial charge in [-0.2, -0.15) is 0 Å². The lowest BCUT2D eigenvalue weighted by Crippen LogP contribution is -2.24. The zero-order valence-corrected chi connectivity index (χ0v) is 19.2. The maximum Gasteiger partial charge on any atom is 0.414 e. The molecule has 1 heterocycles. The Morgan fingerprint density at radius 1 is 0.943 bits per heavy atom. The van der Waals surface area contributed by atoms with Crippen LogP contribution in [0.5, 0.6) is 0 Å². The minimum absolute atomic E-state index is 0.0149. The molecular formula is C26H27N3O6. The van der Waals surface area contributed by atoms with Crippen LogP contribution in [0.4, 0.5) is 10.7 Å². The average Bonchev–Trinajstić information content (AvgIpc) is 3.44. The van der Waals surface area contributed by atoms with Crippen LogP contribution in [0.1, 0.15) is 59.6 Å². The molecule has 0 saturated heterocycles. The number of ether oxygens (including phenoxy) is 1. The van der Waals surface area contributed by atoms with E-state index in [0.717, 1.165) is 41.5 Å². The quantitative estimate of drug-likeness (QED) is 0.338. The summed E-state index contributed by atoms with van der Waals surface area (Å²) in [5, 5.41) is 17.5. The molecule has 1 aliphatic carbocycles. The summed E-state index contributed by atoms with van der Waals surface area (Å²) in [6.07, 6.45) is 2.42. The summed E-state index contributed by atoms with van der Waals surface area (Å²) in [6, 6.07) is 17.5. The number of unbranched alkanes of at least 4 members (excludes halogenated alkanes) is 3. The Bertz CT molecular complexity index is 1160. The van der Waals surface area contributed by atoms with Crippen molar-refractivity contribution in [2.24, 2.45) is 0 Å². The summed E-state index contributed by atoms with van der Waals surface area (Å²) in [6.45, 7) is 0.599. The summed E-state index contributed by atoms with van der Waals surface area (Å²) in [7, 11) is 0. The third-order valence-corrected chi connectivity index (χ3v) is 5.91. The number of aliphatic carboxylic acids is 1. The van der Waals surface area contributed by atoms with Crippen molar-refractivity contribution in [2.45, 2.75) is 38.0 Å². The zero-order valence-electron chi connectivity index (χ0n) is 19.2. The molecule has 182 valence electrons. The molecule has 1 aliphatic rings. The van der Waals surface area contributed by atoms with Crippen LogP contribution in [0.25, 0.3) is 11.1 Å². The van der Waals surface area contributed by atoms with E-state index in [9.17, 15) is 14.4 Å². The fraction of sp³-hybridized carbons (Fsp3) is 0.308. The van der Waals surface area contributed by atoms with Crippen LogP contribution < -0.4 is 10.6 Å². The molecule has 35 heavy (non-hydrogen) atoms. The molecule has 2 aromatic carbocycles. The van der Waals surface area contributed by atoms with Crippen LogP contribution in [0, 0.1) is 0 Å². The van der Waals surface area contributed by atoms with Gasteiger partial charge < -0.3 is 19.7 Å². The van der Waals surface area contributed by atoms with Gasteiger partial charge in [0.25, 0.3) is 5.91 Å². The summed E-state index contributed by atoms with van der Waals surface area (Å²) in [5.41, 5.74) is 4.56. The molecule has 0 fully saturated rings. The first-order chi connectivity index (χ1) is 17.0. The van der Waals surface area contributed by atoms with E-state index in [-0.39, 0.29) is 30.5 Å². The molecule has 2 amide bonds. The van der Waals surface area contributed by atoms with Gasteiger partial charge in [-0.3, -0.25) is 14.9 Å². The second kappa shape index (κ2) is 11.3. The van der Waals surface area contributed by atoms with Crippen molar-refractivity contribution in [3.63, 3.8) is 0 Å². The maximum atomic E-state index is 12.4. The number of aromatic nitrogens is 1. The van der Waals surface area contributed by atoms with E-state index in [4.69, 9.17) is 14.4 Å². The van der Waals surface area contributed by atoms with Crippen LogP contribution in [-0.4, -0.2) is 41.4 Å². The van der Waals surface area contributed by atoms with Gasteiger partial charge in [-0.1, -0.05) is 66.5 Å². The number of carboxylic acid groups (broad SMARTS) is 1. The van der Waals surface area contributed by atoms with Gasteiger partial charge >= 0.3 is 12.1 Å². The van der Waals surface area contributed by atoms with Gasteiger partial charge in [-0.25, -0.2) is 4.79 Å². The number of hydrogen-bond donors (Lipinski definition) is 3. The van der Waals surface area contributed by atoms with E-state index in [0.29, 0.717) is 13.0 Å². The van der Waals surface area contributed by atoms with E-state index in [1.165, 1.54) is 6.07 Å². The number of nitrogens with zero attached hydrogens (tertiary/aromatic N) is 1. The second-order valence-electron chi connectivity index (χ2n) is 8.34. The minimum Gasteiger partial charge on any atom is -0.481 e. The third-order valence-electron chi connectivity index (χ3n) is 5.91. The van der Waals surface area contributed by atoms with Crippen molar-refractivity contribution in [1.82, 2.24) is 10.5 Å². The summed E-state index contributed by atoms with van der Waals surface area (Å²) in [4.78, 5) is 35.0. The van der Waals surface area contributed by atoms with Crippen LogP contribution in [0.3, 0.4) is 0 Å². The molecule has 4 rings (SSSR count). The highest BCUT2D eigenvalue weighted by Crippen LogP contribution is 2.44.